The first-order valence-electron chi connectivity index (χ1n) is 13.2. The molecule has 1 aliphatic heterocycles. The molecule has 3 atom stereocenters. The second-order valence-corrected chi connectivity index (χ2v) is 9.76. The molecule has 2 aliphatic rings. The van der Waals surface area contributed by atoms with Crippen LogP contribution in [0.4, 0.5) is 26.1 Å². The molecule has 1 saturated carbocycles. The number of fused-ring (bicyclic) bond motifs is 1. The minimum Gasteiger partial charge on any atom is -0.471 e. The van der Waals surface area contributed by atoms with Crippen LogP contribution in [0.25, 0.3) is 5.65 Å². The molecule has 2 fully saturated rings. The minimum atomic E-state index is -2.76. The third kappa shape index (κ3) is 6.37. The quantitative estimate of drug-likeness (QED) is 0.292. The molecule has 14 heteroatoms. The fourth-order valence-electron chi connectivity index (χ4n) is 4.86. The Labute approximate surface area is 228 Å². The SMILES string of the molecule is N#Cc1cnc2c(Nc3ccc(C(=O)NCC4CCCO4)c(OCC(F)F)n3)cc(N[C@@H]3CCCC[C@H]3O)nn12. The number of amides is 1. The molecule has 0 spiro atoms. The molecular formula is C26H30F2N8O4. The van der Waals surface area contributed by atoms with E-state index >= 15 is 0 Å². The van der Waals surface area contributed by atoms with Gasteiger partial charge in [-0.3, -0.25) is 4.79 Å². The lowest BCUT2D eigenvalue weighted by molar-refractivity contribution is 0.0760. The van der Waals surface area contributed by atoms with Crippen molar-refractivity contribution in [2.45, 2.75) is 63.2 Å². The van der Waals surface area contributed by atoms with E-state index in [0.29, 0.717) is 30.2 Å². The van der Waals surface area contributed by atoms with Crippen molar-refractivity contribution in [1.29, 1.82) is 5.26 Å². The van der Waals surface area contributed by atoms with Gasteiger partial charge >= 0.3 is 0 Å². The summed E-state index contributed by atoms with van der Waals surface area (Å²) in [4.78, 5) is 21.4. The monoisotopic (exact) mass is 556 g/mol. The zero-order chi connectivity index (χ0) is 28.1. The van der Waals surface area contributed by atoms with Crippen LogP contribution in [-0.4, -0.2) is 75.0 Å². The number of pyridine rings is 1. The topological polar surface area (TPSA) is 159 Å². The van der Waals surface area contributed by atoms with Gasteiger partial charge in [0.05, 0.1) is 30.1 Å². The van der Waals surface area contributed by atoms with E-state index in [0.717, 1.165) is 32.1 Å². The van der Waals surface area contributed by atoms with Crippen molar-refractivity contribution in [2.75, 3.05) is 30.4 Å². The Bertz CT molecular complexity index is 1390. The van der Waals surface area contributed by atoms with Gasteiger partial charge in [0.25, 0.3) is 12.3 Å². The van der Waals surface area contributed by atoms with Crippen molar-refractivity contribution in [3.8, 4) is 11.9 Å². The van der Waals surface area contributed by atoms with Gasteiger partial charge < -0.3 is 30.5 Å². The maximum absolute atomic E-state index is 13.0. The van der Waals surface area contributed by atoms with E-state index in [1.165, 1.54) is 22.8 Å². The van der Waals surface area contributed by atoms with Crippen molar-refractivity contribution < 1.29 is 28.2 Å². The number of nitrogens with one attached hydrogen (secondary N) is 3. The molecule has 0 aromatic carbocycles. The van der Waals surface area contributed by atoms with Crippen molar-refractivity contribution in [3.63, 3.8) is 0 Å². The van der Waals surface area contributed by atoms with Crippen LogP contribution in [0.5, 0.6) is 5.88 Å². The van der Waals surface area contributed by atoms with Crippen molar-refractivity contribution >= 4 is 28.9 Å². The number of carbonyl (C=O) groups is 1. The van der Waals surface area contributed by atoms with Gasteiger partial charge in [0.15, 0.2) is 17.9 Å². The maximum Gasteiger partial charge on any atom is 0.272 e. The Hall–Kier alpha value is -4.09. The third-order valence-corrected chi connectivity index (χ3v) is 6.87. The molecule has 5 rings (SSSR count). The van der Waals surface area contributed by atoms with Gasteiger partial charge in [-0.25, -0.2) is 13.8 Å². The highest BCUT2D eigenvalue weighted by Crippen LogP contribution is 2.28. The van der Waals surface area contributed by atoms with Crippen LogP contribution in [0.15, 0.2) is 24.4 Å². The highest BCUT2D eigenvalue weighted by molar-refractivity contribution is 5.96. The normalized spacial score (nSPS) is 20.8. The number of ether oxygens (including phenoxy) is 2. The van der Waals surface area contributed by atoms with Crippen molar-refractivity contribution in [2.24, 2.45) is 0 Å². The standard InChI is InChI=1S/C26H30F2N8O4/c27-21(28)14-40-26-17(25(38)31-13-16-4-3-9-39-16)7-8-22(34-26)33-19-10-23(32-18-5-1-2-6-20(18)37)35-36-15(11-29)12-30-24(19)36/h7-8,10,12,16,18,20-21,37H,1-6,9,13-14H2,(H,31,38)(H,32,35)(H,33,34)/t16?,18-,20-/m1/s1. The molecule has 40 heavy (non-hydrogen) atoms. The van der Waals surface area contributed by atoms with Crippen LogP contribution in [0.2, 0.25) is 0 Å². The number of alkyl halides is 2. The summed E-state index contributed by atoms with van der Waals surface area (Å²) >= 11 is 0. The molecule has 1 amide bonds. The molecule has 3 aromatic rings. The lowest BCUT2D eigenvalue weighted by atomic mass is 9.92. The van der Waals surface area contributed by atoms with Gasteiger partial charge in [-0.2, -0.15) is 14.8 Å². The summed E-state index contributed by atoms with van der Waals surface area (Å²) in [5.74, 6) is -0.188. The number of hydrogen-bond donors (Lipinski definition) is 4. The molecule has 1 aliphatic carbocycles. The Kier molecular flexibility index (Phi) is 8.51. The Balaban J connectivity index is 1.42. The second kappa shape index (κ2) is 12.4. The van der Waals surface area contributed by atoms with Gasteiger partial charge in [0, 0.05) is 19.2 Å². The molecule has 212 valence electrons. The lowest BCUT2D eigenvalue weighted by Crippen LogP contribution is -2.36. The number of rotatable bonds is 10. The zero-order valence-electron chi connectivity index (χ0n) is 21.6. The molecule has 12 nitrogen and oxygen atoms in total. The van der Waals surface area contributed by atoms with Crippen molar-refractivity contribution in [1.82, 2.24) is 24.9 Å². The van der Waals surface area contributed by atoms with Gasteiger partial charge in [-0.1, -0.05) is 12.8 Å². The van der Waals surface area contributed by atoms with Gasteiger partial charge in [0.2, 0.25) is 5.88 Å². The Morgan fingerprint density at radius 3 is 2.85 bits per heavy atom. The summed E-state index contributed by atoms with van der Waals surface area (Å²) in [6.07, 6.45) is 3.09. The maximum atomic E-state index is 13.0. The lowest BCUT2D eigenvalue weighted by Gasteiger charge is -2.28. The van der Waals surface area contributed by atoms with E-state index in [1.54, 1.807) is 6.07 Å². The molecule has 4 heterocycles. The Morgan fingerprint density at radius 1 is 1.25 bits per heavy atom. The van der Waals surface area contributed by atoms with Gasteiger partial charge in [-0.15, -0.1) is 5.10 Å². The molecule has 3 aromatic heterocycles. The van der Waals surface area contributed by atoms with E-state index in [4.69, 9.17) is 9.47 Å². The van der Waals surface area contributed by atoms with E-state index < -0.39 is 25.0 Å². The van der Waals surface area contributed by atoms with Crippen LogP contribution in [0, 0.1) is 11.3 Å². The number of aliphatic hydroxyl groups is 1. The number of hydrogen-bond acceptors (Lipinski definition) is 10. The van der Waals surface area contributed by atoms with E-state index in [2.05, 4.69) is 31.0 Å². The van der Waals surface area contributed by atoms with E-state index in [9.17, 15) is 23.9 Å². The number of imidazole rings is 1. The highest BCUT2D eigenvalue weighted by Gasteiger charge is 2.25. The summed E-state index contributed by atoms with van der Waals surface area (Å²) < 4.78 is 38.0. The first kappa shape index (κ1) is 27.5. The molecule has 0 bridgehead atoms. The fourth-order valence-corrected chi connectivity index (χ4v) is 4.86. The molecule has 0 radical (unpaired) electrons. The number of carbonyl (C=O) groups excluding carboxylic acids is 1. The van der Waals surface area contributed by atoms with Crippen molar-refractivity contribution in [3.05, 3.63) is 35.7 Å². The average Bonchev–Trinajstić information content (AvgIpc) is 3.62. The summed E-state index contributed by atoms with van der Waals surface area (Å²) in [6, 6.07) is 6.44. The number of halogens is 2. The van der Waals surface area contributed by atoms with Gasteiger partial charge in [0.1, 0.15) is 23.3 Å². The van der Waals surface area contributed by atoms with Crippen LogP contribution >= 0.6 is 0 Å². The van der Waals surface area contributed by atoms with Gasteiger partial charge in [-0.05, 0) is 37.8 Å². The second-order valence-electron chi connectivity index (χ2n) is 9.76. The predicted octanol–water partition coefficient (Wildman–Crippen LogP) is 3.01. The smallest absolute Gasteiger partial charge is 0.272 e. The number of aliphatic hydroxyl groups excluding tert-OH is 1. The molecule has 4 N–H and O–H groups in total. The minimum absolute atomic E-state index is 0.00490. The van der Waals surface area contributed by atoms with E-state index in [1.807, 2.05) is 6.07 Å². The molecular weight excluding hydrogens is 526 g/mol. The predicted molar refractivity (Wildman–Crippen MR) is 140 cm³/mol. The fraction of sp³-hybridized carbons (Fsp3) is 0.500. The number of nitrogens with zero attached hydrogens (tertiary/aromatic N) is 5. The average molecular weight is 557 g/mol. The Morgan fingerprint density at radius 2 is 2.10 bits per heavy atom. The van der Waals surface area contributed by atoms with Crippen LogP contribution in [-0.2, 0) is 4.74 Å². The largest absolute Gasteiger partial charge is 0.471 e. The van der Waals surface area contributed by atoms with Crippen LogP contribution in [0.3, 0.4) is 0 Å². The van der Waals surface area contributed by atoms with Crippen LogP contribution < -0.4 is 20.7 Å². The number of aromatic nitrogens is 4. The first-order valence-corrected chi connectivity index (χ1v) is 13.2. The highest BCUT2D eigenvalue weighted by atomic mass is 19.3. The first-order chi connectivity index (χ1) is 19.4. The summed E-state index contributed by atoms with van der Waals surface area (Å²) in [7, 11) is 0. The summed E-state index contributed by atoms with van der Waals surface area (Å²) in [6.45, 7) is -0.0153. The molecule has 1 saturated heterocycles. The third-order valence-electron chi connectivity index (χ3n) is 6.87. The number of anilines is 3. The summed E-state index contributed by atoms with van der Waals surface area (Å²) in [5, 5.41) is 33.5. The zero-order valence-corrected chi connectivity index (χ0v) is 21.6. The van der Waals surface area contributed by atoms with E-state index in [-0.39, 0.29) is 41.6 Å². The molecule has 1 unspecified atom stereocenters. The summed E-state index contributed by atoms with van der Waals surface area (Å²) in [5.41, 5.74) is 0.928. The number of nitriles is 1. The van der Waals surface area contributed by atoms with Crippen LogP contribution in [0.1, 0.15) is 54.6 Å².